The molecule has 3 N–H and O–H groups in total. The Bertz CT molecular complexity index is 6290. The molecule has 0 saturated heterocycles. The van der Waals surface area contributed by atoms with Crippen LogP contribution in [0.2, 0.25) is 0 Å². The number of nitriles is 1. The van der Waals surface area contributed by atoms with Gasteiger partial charge in [0, 0.05) is 29.5 Å². The summed E-state index contributed by atoms with van der Waals surface area (Å²) in [6.07, 6.45) is 1.99. The molecule has 16 aromatic rings. The van der Waals surface area contributed by atoms with Crippen LogP contribution in [0.25, 0.3) is 122 Å². The van der Waals surface area contributed by atoms with Crippen LogP contribution in [-0.2, 0) is 10.8 Å². The highest BCUT2D eigenvalue weighted by Gasteiger charge is 2.53. The molecule has 2 heterocycles. The molecule has 0 aliphatic heterocycles. The van der Waals surface area contributed by atoms with Crippen molar-refractivity contribution in [2.45, 2.75) is 10.8 Å². The lowest BCUT2D eigenvalue weighted by molar-refractivity contribution is -0.114. The minimum Gasteiger partial charge on any atom is -0.325 e. The van der Waals surface area contributed by atoms with Gasteiger partial charge in [-0.3, -0.25) is 5.41 Å². The topological polar surface area (TPSA) is 113 Å². The van der Waals surface area contributed by atoms with Gasteiger partial charge in [-0.15, -0.1) is 5.10 Å². The normalized spacial score (nSPS) is 13.2. The zero-order valence-corrected chi connectivity index (χ0v) is 56.2. The number of hydrogen-bond acceptors (Lipinski definition) is 3. The van der Waals surface area contributed by atoms with Crippen molar-refractivity contribution >= 4 is 11.5 Å². The van der Waals surface area contributed by atoms with E-state index in [1.54, 1.807) is 0 Å². The van der Waals surface area contributed by atoms with E-state index in [9.17, 15) is 5.26 Å². The number of nitrogens with two attached hydrogens (primary N) is 1. The third-order valence-electron chi connectivity index (χ3n) is 21.7. The summed E-state index contributed by atoms with van der Waals surface area (Å²) in [6.45, 7) is 0. The standard InChI is InChI=1S/C96H59N8/c97-57-60-35-47-78-80-49-45-69(55-89(80)95(87(78)51-60)83-31-14-10-27-74(83)75-28-11-15-32-84(75)95)62-37-41-65(42-38-62)91(98)101-93-82(64-19-4-1-5-20-64)54-71(59-100-93)68-23-18-24-72(53-68)99-58-61-36-48-79-81-50-46-70(56-90(81)96(88(79)52-61)85-33-16-12-29-76(85)77-30-13-17-34-86(77)96)63-39-43-66(44-40-63)92-102-94(67-21-6-2-7-22-67)104(103-92)73-25-8-3-9-26-73/h1-56,59H,(H2,98,100,101)/q+1/p+1. The lowest BCUT2D eigenvalue weighted by atomic mass is 9.70. The summed E-state index contributed by atoms with van der Waals surface area (Å²) in [4.78, 5) is 18.9. The summed E-state index contributed by atoms with van der Waals surface area (Å²) in [6, 6.07) is 126. The number of benzene rings is 14. The highest BCUT2D eigenvalue weighted by atomic mass is 15.4. The molecule has 2 spiro atoms. The Morgan fingerprint density at radius 2 is 0.798 bits per heavy atom. The second-order valence-corrected chi connectivity index (χ2v) is 27.2. The van der Waals surface area contributed by atoms with Gasteiger partial charge in [0.25, 0.3) is 5.49 Å². The van der Waals surface area contributed by atoms with E-state index in [1.165, 1.54) is 77.9 Å². The third kappa shape index (κ3) is 9.23. The van der Waals surface area contributed by atoms with E-state index in [4.69, 9.17) is 25.3 Å². The number of pyridine rings is 1. The zero-order chi connectivity index (χ0) is 69.0. The minimum atomic E-state index is -0.599. The first kappa shape index (κ1) is 59.8. The van der Waals surface area contributed by atoms with Crippen molar-refractivity contribution in [2.75, 3.05) is 0 Å². The van der Waals surface area contributed by atoms with Crippen LogP contribution in [0.3, 0.4) is 0 Å². The number of amidine groups is 1. The van der Waals surface area contributed by atoms with E-state index in [1.807, 2.05) is 83.7 Å². The molecular weight excluding hydrogens is 1270 g/mol. The molecule has 104 heavy (non-hydrogen) atoms. The largest absolute Gasteiger partial charge is 0.341 e. The lowest BCUT2D eigenvalue weighted by Crippen LogP contribution is -2.40. The molecule has 4 aliphatic rings. The molecule has 482 valence electrons. The molecule has 0 unspecified atom stereocenters. The monoisotopic (exact) mass is 1320 g/mol. The molecule has 2 aromatic heterocycles. The molecule has 0 radical (unpaired) electrons. The SMILES string of the molecule is N#Cc1ccc2c(c1)C1(c3ccccc3-c3ccccc31)c1cc(-c3ccc(C(=[NH2+])N=c4[nH]cc(-c5cccc([N+]#Cc6ccc7c(c6)C6(c8ccccc8-c8ccccc86)c6cc(-c8ccc(-c9nc(-c%10ccccc%10)n(-c%10ccccc%10)n9)cc8)ccc6-7)c5)cc4-c4ccccc4)cc3)ccc1-2. The maximum Gasteiger partial charge on any atom is 0.341 e. The first-order valence-electron chi connectivity index (χ1n) is 35.1. The van der Waals surface area contributed by atoms with Crippen molar-refractivity contribution in [3.63, 3.8) is 0 Å². The molecule has 8 nitrogen and oxygen atoms in total. The van der Waals surface area contributed by atoms with Gasteiger partial charge < -0.3 is 4.98 Å². The Hall–Kier alpha value is -14.2. The summed E-state index contributed by atoms with van der Waals surface area (Å²) in [5.74, 6) is 1.84. The first-order valence-corrected chi connectivity index (χ1v) is 35.1. The molecule has 0 bridgehead atoms. The molecule has 20 rings (SSSR count). The fraction of sp³-hybridized carbons (Fsp3) is 0.0208. The van der Waals surface area contributed by atoms with Crippen molar-refractivity contribution in [2.24, 2.45) is 4.99 Å². The zero-order valence-electron chi connectivity index (χ0n) is 56.2. The van der Waals surface area contributed by atoms with E-state index in [0.717, 1.165) is 95.1 Å². The van der Waals surface area contributed by atoms with E-state index < -0.39 is 10.8 Å². The summed E-state index contributed by atoms with van der Waals surface area (Å²) >= 11 is 0. The highest BCUT2D eigenvalue weighted by Crippen LogP contribution is 2.65. The Labute approximate surface area is 601 Å². The summed E-state index contributed by atoms with van der Waals surface area (Å²) in [5, 5.41) is 22.3. The van der Waals surface area contributed by atoms with Crippen LogP contribution in [0.1, 0.15) is 61.2 Å². The smallest absolute Gasteiger partial charge is 0.325 e. The summed E-state index contributed by atoms with van der Waals surface area (Å²) in [7, 11) is 0. The molecule has 0 saturated carbocycles. The Kier molecular flexibility index (Phi) is 13.7. The van der Waals surface area contributed by atoms with E-state index in [-0.39, 0.29) is 0 Å². The van der Waals surface area contributed by atoms with Gasteiger partial charge in [0.05, 0.1) is 39.3 Å². The fourth-order valence-electron chi connectivity index (χ4n) is 17.0. The van der Waals surface area contributed by atoms with Crippen LogP contribution in [0.4, 0.5) is 5.69 Å². The van der Waals surface area contributed by atoms with Crippen molar-refractivity contribution in [1.82, 2.24) is 19.7 Å². The van der Waals surface area contributed by atoms with Crippen LogP contribution in [-0.4, -0.2) is 25.6 Å². The second kappa shape index (κ2) is 23.8. The van der Waals surface area contributed by atoms with Crippen LogP contribution >= 0.6 is 0 Å². The van der Waals surface area contributed by atoms with E-state index >= 15 is 0 Å². The highest BCUT2D eigenvalue weighted by molar-refractivity contribution is 5.99. The number of H-pyrrole nitrogens is 1. The number of fused-ring (bicyclic) bond motifs is 20. The number of hydrogen-bond donors (Lipinski definition) is 2. The Balaban J connectivity index is 0.606. The van der Waals surface area contributed by atoms with Gasteiger partial charge >= 0.3 is 17.6 Å². The Morgan fingerprint density at radius 1 is 0.365 bits per heavy atom. The van der Waals surface area contributed by atoms with Gasteiger partial charge in [-0.05, 0) is 205 Å². The van der Waals surface area contributed by atoms with Gasteiger partial charge in [0.1, 0.15) is 5.56 Å². The van der Waals surface area contributed by atoms with Crippen molar-refractivity contribution in [1.29, 1.82) is 5.26 Å². The van der Waals surface area contributed by atoms with Gasteiger partial charge in [-0.2, -0.15) is 5.26 Å². The van der Waals surface area contributed by atoms with Gasteiger partial charge in [-0.25, -0.2) is 9.67 Å². The number of aromatic amines is 1. The molecule has 4 aliphatic carbocycles. The van der Waals surface area contributed by atoms with E-state index in [2.05, 4.69) is 284 Å². The minimum absolute atomic E-state index is 0.385. The molecule has 0 fully saturated rings. The number of nitrogens with one attached hydrogen (secondary N) is 1. The van der Waals surface area contributed by atoms with Crippen LogP contribution in [0.15, 0.2) is 351 Å². The predicted octanol–water partition coefficient (Wildman–Crippen LogP) is 20.3. The number of rotatable bonds is 8. The fourth-order valence-corrected chi connectivity index (χ4v) is 17.0. The predicted molar refractivity (Wildman–Crippen MR) is 416 cm³/mol. The summed E-state index contributed by atoms with van der Waals surface area (Å²) in [5.41, 5.74) is 33.1. The number of nitrogens with zero attached hydrogens (tertiary/aromatic N) is 6. The third-order valence-corrected chi connectivity index (χ3v) is 21.7. The molecule has 8 heteroatoms. The average Bonchev–Trinajstić information content (AvgIpc) is 1.52. The van der Waals surface area contributed by atoms with Gasteiger partial charge in [-0.1, -0.05) is 261 Å². The first-order chi connectivity index (χ1) is 51.4. The number of para-hydroxylation sites is 1. The van der Waals surface area contributed by atoms with E-state index in [0.29, 0.717) is 22.7 Å². The van der Waals surface area contributed by atoms with Crippen LogP contribution in [0, 0.1) is 17.4 Å². The van der Waals surface area contributed by atoms with Gasteiger partial charge in [0.2, 0.25) is 0 Å². The average molecular weight is 1330 g/mol. The molecule has 0 atom stereocenters. The lowest BCUT2D eigenvalue weighted by Gasteiger charge is -2.30. The second-order valence-electron chi connectivity index (χ2n) is 27.2. The van der Waals surface area contributed by atoms with Crippen molar-refractivity contribution in [3.05, 3.63) is 417 Å². The number of aromatic nitrogens is 4. The maximum atomic E-state index is 10.2. The van der Waals surface area contributed by atoms with Crippen molar-refractivity contribution in [3.8, 4) is 130 Å². The maximum absolute atomic E-state index is 10.2. The van der Waals surface area contributed by atoms with Crippen LogP contribution < -0.4 is 10.9 Å². The molecule has 0 amide bonds. The molecular formula is C96H60N8+2. The van der Waals surface area contributed by atoms with Crippen molar-refractivity contribution < 1.29 is 5.41 Å². The van der Waals surface area contributed by atoms with Crippen LogP contribution in [0.5, 0.6) is 0 Å². The summed E-state index contributed by atoms with van der Waals surface area (Å²) < 4.78 is 1.93. The Morgan fingerprint density at radius 3 is 1.36 bits per heavy atom. The molecule has 14 aromatic carbocycles. The van der Waals surface area contributed by atoms with Gasteiger partial charge in [0.15, 0.2) is 11.6 Å². The quantitative estimate of drug-likeness (QED) is 0.117.